The summed E-state index contributed by atoms with van der Waals surface area (Å²) >= 11 is 0. The van der Waals surface area contributed by atoms with Crippen molar-refractivity contribution in [2.24, 2.45) is 0 Å². The van der Waals surface area contributed by atoms with Gasteiger partial charge in [0.2, 0.25) is 0 Å². The number of hydrogen-bond acceptors (Lipinski definition) is 2. The molecule has 0 aliphatic carbocycles. The van der Waals surface area contributed by atoms with Gasteiger partial charge in [0.15, 0.2) is 0 Å². The van der Waals surface area contributed by atoms with E-state index in [9.17, 15) is 14.3 Å². The first-order chi connectivity index (χ1) is 9.98. The third-order valence-corrected chi connectivity index (χ3v) is 3.55. The number of carbonyl (C=O) groups excluding carboxylic acids is 1. The summed E-state index contributed by atoms with van der Waals surface area (Å²) in [6.07, 6.45) is 0. The fourth-order valence-electron chi connectivity index (χ4n) is 2.15. The van der Waals surface area contributed by atoms with E-state index in [1.165, 1.54) is 6.07 Å². The summed E-state index contributed by atoms with van der Waals surface area (Å²) in [5, 5.41) is 12.4. The zero-order valence-corrected chi connectivity index (χ0v) is 12.1. The molecule has 2 rings (SSSR count). The molecule has 0 aliphatic rings. The average Bonchev–Trinajstić information content (AvgIpc) is 2.50. The molecular weight excluding hydrogens is 269 g/mol. The summed E-state index contributed by atoms with van der Waals surface area (Å²) in [6, 6.07) is 13.8. The minimum absolute atomic E-state index is 0.0226. The Balaban J connectivity index is 2.30. The summed E-state index contributed by atoms with van der Waals surface area (Å²) in [5.74, 6) is -1.08. The summed E-state index contributed by atoms with van der Waals surface area (Å²) in [4.78, 5) is 12.3. The molecule has 4 heteroatoms. The first-order valence-corrected chi connectivity index (χ1v) is 6.72. The molecule has 0 radical (unpaired) electrons. The lowest BCUT2D eigenvalue weighted by Gasteiger charge is -2.29. The van der Waals surface area contributed by atoms with Gasteiger partial charge < -0.3 is 10.4 Å². The first kappa shape index (κ1) is 15.2. The Kier molecular flexibility index (Phi) is 4.38. The van der Waals surface area contributed by atoms with E-state index in [-0.39, 0.29) is 12.2 Å². The van der Waals surface area contributed by atoms with Gasteiger partial charge in [-0.15, -0.1) is 0 Å². The van der Waals surface area contributed by atoms with Crippen LogP contribution in [0.3, 0.4) is 0 Å². The molecule has 0 saturated heterocycles. The molecule has 0 spiro atoms. The van der Waals surface area contributed by atoms with Crippen molar-refractivity contribution < 1.29 is 14.3 Å². The van der Waals surface area contributed by atoms with E-state index in [4.69, 9.17) is 0 Å². The molecule has 1 amide bonds. The normalized spacial score (nSPS) is 13.5. The van der Waals surface area contributed by atoms with Crippen LogP contribution in [-0.4, -0.2) is 17.6 Å². The molecule has 2 aromatic rings. The van der Waals surface area contributed by atoms with Gasteiger partial charge >= 0.3 is 0 Å². The molecule has 2 N–H and O–H groups in total. The van der Waals surface area contributed by atoms with Crippen molar-refractivity contribution in [2.45, 2.75) is 19.4 Å². The number of aryl methyl sites for hydroxylation is 1. The number of rotatable bonds is 4. The van der Waals surface area contributed by atoms with Gasteiger partial charge in [-0.25, -0.2) is 4.39 Å². The first-order valence-electron chi connectivity index (χ1n) is 6.72. The minimum Gasteiger partial charge on any atom is -0.394 e. The lowest BCUT2D eigenvalue weighted by Crippen LogP contribution is -2.46. The SMILES string of the molecule is Cc1cccc(C(=O)NC(C)(CO)c2ccccc2)c1F. The largest absolute Gasteiger partial charge is 0.394 e. The van der Waals surface area contributed by atoms with Crippen LogP contribution in [0.25, 0.3) is 0 Å². The van der Waals surface area contributed by atoms with Crippen LogP contribution < -0.4 is 5.32 Å². The minimum atomic E-state index is -0.964. The van der Waals surface area contributed by atoms with Gasteiger partial charge in [0, 0.05) is 0 Å². The van der Waals surface area contributed by atoms with Crippen LogP contribution in [0.15, 0.2) is 48.5 Å². The van der Waals surface area contributed by atoms with Crippen LogP contribution in [0.1, 0.15) is 28.4 Å². The predicted octanol–water partition coefficient (Wildman–Crippen LogP) is 2.77. The number of aliphatic hydroxyl groups is 1. The monoisotopic (exact) mass is 287 g/mol. The Labute approximate surface area is 123 Å². The van der Waals surface area contributed by atoms with Crippen LogP contribution in [0.5, 0.6) is 0 Å². The van der Waals surface area contributed by atoms with Gasteiger partial charge in [-0.05, 0) is 31.0 Å². The van der Waals surface area contributed by atoms with Gasteiger partial charge in [-0.2, -0.15) is 0 Å². The highest BCUT2D eigenvalue weighted by atomic mass is 19.1. The molecule has 0 heterocycles. The number of hydrogen-bond donors (Lipinski definition) is 2. The molecule has 2 aromatic carbocycles. The highest BCUT2D eigenvalue weighted by Gasteiger charge is 2.29. The molecule has 1 unspecified atom stereocenters. The van der Waals surface area contributed by atoms with Crippen LogP contribution in [0.2, 0.25) is 0 Å². The second kappa shape index (κ2) is 6.06. The second-order valence-electron chi connectivity index (χ2n) is 5.25. The van der Waals surface area contributed by atoms with Gasteiger partial charge in [-0.3, -0.25) is 4.79 Å². The Morgan fingerprint density at radius 2 is 1.86 bits per heavy atom. The standard InChI is InChI=1S/C17H18FNO2/c1-12-7-6-10-14(15(12)18)16(21)19-17(2,11-20)13-8-4-3-5-9-13/h3-10,20H,11H2,1-2H3,(H,19,21). The lowest BCUT2D eigenvalue weighted by molar-refractivity contribution is 0.0845. The van der Waals surface area contributed by atoms with Crippen molar-refractivity contribution in [2.75, 3.05) is 6.61 Å². The Hall–Kier alpha value is -2.20. The van der Waals surface area contributed by atoms with E-state index in [1.54, 1.807) is 26.0 Å². The van der Waals surface area contributed by atoms with Crippen molar-refractivity contribution in [3.05, 3.63) is 71.0 Å². The van der Waals surface area contributed by atoms with Gasteiger partial charge in [0.1, 0.15) is 5.82 Å². The number of halogens is 1. The highest BCUT2D eigenvalue weighted by molar-refractivity contribution is 5.95. The molecule has 3 nitrogen and oxygen atoms in total. The van der Waals surface area contributed by atoms with Crippen molar-refractivity contribution in [3.8, 4) is 0 Å². The zero-order valence-electron chi connectivity index (χ0n) is 12.1. The Morgan fingerprint density at radius 3 is 2.48 bits per heavy atom. The summed E-state index contributed by atoms with van der Waals surface area (Å²) in [6.45, 7) is 3.03. The van der Waals surface area contributed by atoms with Gasteiger partial charge in [-0.1, -0.05) is 42.5 Å². The van der Waals surface area contributed by atoms with Crippen molar-refractivity contribution in [1.29, 1.82) is 0 Å². The van der Waals surface area contributed by atoms with E-state index in [2.05, 4.69) is 5.32 Å². The van der Waals surface area contributed by atoms with Crippen LogP contribution in [0.4, 0.5) is 4.39 Å². The number of benzene rings is 2. The number of aliphatic hydroxyl groups excluding tert-OH is 1. The summed E-state index contributed by atoms with van der Waals surface area (Å²) in [5.41, 5.74) is 0.182. The molecule has 21 heavy (non-hydrogen) atoms. The topological polar surface area (TPSA) is 49.3 Å². The molecule has 110 valence electrons. The number of nitrogens with one attached hydrogen (secondary N) is 1. The molecule has 0 bridgehead atoms. The maximum Gasteiger partial charge on any atom is 0.255 e. The third-order valence-electron chi connectivity index (χ3n) is 3.55. The van der Waals surface area contributed by atoms with Crippen LogP contribution >= 0.6 is 0 Å². The Bertz CT molecular complexity index is 642. The van der Waals surface area contributed by atoms with E-state index < -0.39 is 17.3 Å². The molecule has 0 aliphatic heterocycles. The molecule has 1 atom stereocenters. The smallest absolute Gasteiger partial charge is 0.255 e. The lowest BCUT2D eigenvalue weighted by atomic mass is 9.92. The van der Waals surface area contributed by atoms with Crippen molar-refractivity contribution >= 4 is 5.91 Å². The van der Waals surface area contributed by atoms with Crippen LogP contribution in [-0.2, 0) is 5.54 Å². The molecule has 0 fully saturated rings. The number of carbonyl (C=O) groups is 1. The molecule has 0 saturated carbocycles. The van der Waals surface area contributed by atoms with Crippen LogP contribution in [0, 0.1) is 12.7 Å². The van der Waals surface area contributed by atoms with Gasteiger partial charge in [0.05, 0.1) is 17.7 Å². The van der Waals surface area contributed by atoms with Gasteiger partial charge in [0.25, 0.3) is 5.91 Å². The fraction of sp³-hybridized carbons (Fsp3) is 0.235. The summed E-state index contributed by atoms with van der Waals surface area (Å²) in [7, 11) is 0. The fourth-order valence-corrected chi connectivity index (χ4v) is 2.15. The highest BCUT2D eigenvalue weighted by Crippen LogP contribution is 2.21. The molecular formula is C17H18FNO2. The zero-order chi connectivity index (χ0) is 15.5. The van der Waals surface area contributed by atoms with E-state index in [0.29, 0.717) is 5.56 Å². The summed E-state index contributed by atoms with van der Waals surface area (Å²) < 4.78 is 14.0. The average molecular weight is 287 g/mol. The second-order valence-corrected chi connectivity index (χ2v) is 5.25. The van der Waals surface area contributed by atoms with E-state index in [1.807, 2.05) is 30.3 Å². The number of amides is 1. The quantitative estimate of drug-likeness (QED) is 0.908. The maximum absolute atomic E-state index is 14.0. The van der Waals surface area contributed by atoms with Crippen molar-refractivity contribution in [3.63, 3.8) is 0 Å². The third kappa shape index (κ3) is 3.11. The van der Waals surface area contributed by atoms with E-state index in [0.717, 1.165) is 5.56 Å². The maximum atomic E-state index is 14.0. The van der Waals surface area contributed by atoms with E-state index >= 15 is 0 Å². The van der Waals surface area contributed by atoms with Crippen molar-refractivity contribution in [1.82, 2.24) is 5.32 Å². The predicted molar refractivity (Wildman–Crippen MR) is 79.5 cm³/mol. The molecule has 0 aromatic heterocycles. The Morgan fingerprint density at radius 1 is 1.19 bits per heavy atom.